The van der Waals surface area contributed by atoms with Gasteiger partial charge in [-0.15, -0.1) is 0 Å². The van der Waals surface area contributed by atoms with Gasteiger partial charge in [-0.05, 0) is 60.5 Å². The van der Waals surface area contributed by atoms with Crippen molar-refractivity contribution in [3.63, 3.8) is 0 Å². The number of ether oxygens (including phenoxy) is 3. The second-order valence-electron chi connectivity index (χ2n) is 8.34. The van der Waals surface area contributed by atoms with Crippen LogP contribution in [0.3, 0.4) is 0 Å². The number of hydrogen-bond donors (Lipinski definition) is 0. The van der Waals surface area contributed by atoms with Crippen LogP contribution in [0.15, 0.2) is 69.9 Å². The van der Waals surface area contributed by atoms with Crippen LogP contribution in [0.2, 0.25) is 0 Å². The van der Waals surface area contributed by atoms with Crippen molar-refractivity contribution < 1.29 is 27.8 Å². The predicted octanol–water partition coefficient (Wildman–Crippen LogP) is 4.80. The summed E-state index contributed by atoms with van der Waals surface area (Å²) in [4.78, 5) is 28.8. The van der Waals surface area contributed by atoms with Crippen LogP contribution in [0, 0.1) is 5.82 Å². The van der Waals surface area contributed by atoms with Gasteiger partial charge in [0.05, 0.1) is 23.6 Å². The molecule has 1 amide bonds. The lowest BCUT2D eigenvalue weighted by atomic mass is 9.98. The second-order valence-corrected chi connectivity index (χ2v) is 8.34. The zero-order valence-corrected chi connectivity index (χ0v) is 18.7. The fourth-order valence-electron chi connectivity index (χ4n) is 4.68. The average Bonchev–Trinajstić information content (AvgIpc) is 3.43. The molecule has 3 heterocycles. The van der Waals surface area contributed by atoms with Crippen LogP contribution in [0.25, 0.3) is 11.0 Å². The summed E-state index contributed by atoms with van der Waals surface area (Å²) in [5.74, 6) is 0.827. The van der Waals surface area contributed by atoms with Gasteiger partial charge in [0.15, 0.2) is 16.9 Å². The van der Waals surface area contributed by atoms with E-state index in [0.717, 1.165) is 11.6 Å². The molecule has 0 radical (unpaired) electrons. The Morgan fingerprint density at radius 2 is 1.89 bits per heavy atom. The molecule has 6 rings (SSSR count). The number of carbonyl (C=O) groups excluding carboxylic acids is 1. The molecule has 0 saturated carbocycles. The van der Waals surface area contributed by atoms with E-state index in [1.807, 2.05) is 37.3 Å². The van der Waals surface area contributed by atoms with E-state index in [1.165, 1.54) is 12.1 Å². The summed E-state index contributed by atoms with van der Waals surface area (Å²) in [5.41, 5.74) is 1.39. The fourth-order valence-corrected chi connectivity index (χ4v) is 4.68. The second kappa shape index (κ2) is 8.16. The predicted molar refractivity (Wildman–Crippen MR) is 124 cm³/mol. The Kier molecular flexibility index (Phi) is 4.95. The molecule has 0 unspecified atom stereocenters. The third-order valence-corrected chi connectivity index (χ3v) is 6.20. The Morgan fingerprint density at radius 3 is 2.74 bits per heavy atom. The van der Waals surface area contributed by atoms with E-state index in [9.17, 15) is 14.0 Å². The largest absolute Gasteiger partial charge is 0.494 e. The van der Waals surface area contributed by atoms with Crippen LogP contribution in [0.4, 0.5) is 4.39 Å². The maximum absolute atomic E-state index is 14.0. The first-order valence-electron chi connectivity index (χ1n) is 11.2. The van der Waals surface area contributed by atoms with E-state index < -0.39 is 23.2 Å². The van der Waals surface area contributed by atoms with Crippen molar-refractivity contribution in [2.75, 3.05) is 13.4 Å². The van der Waals surface area contributed by atoms with Crippen molar-refractivity contribution >= 4 is 16.9 Å². The molecule has 35 heavy (non-hydrogen) atoms. The first-order valence-corrected chi connectivity index (χ1v) is 11.2. The van der Waals surface area contributed by atoms with Crippen molar-refractivity contribution in [2.45, 2.75) is 19.5 Å². The highest BCUT2D eigenvalue weighted by Crippen LogP contribution is 2.41. The highest BCUT2D eigenvalue weighted by molar-refractivity contribution is 5.99. The first kappa shape index (κ1) is 21.2. The Balaban J connectivity index is 1.52. The van der Waals surface area contributed by atoms with Crippen LogP contribution >= 0.6 is 0 Å². The van der Waals surface area contributed by atoms with Gasteiger partial charge in [-0.2, -0.15) is 0 Å². The molecular formula is C27H20FNO6. The number of hydrogen-bond acceptors (Lipinski definition) is 6. The molecule has 0 bridgehead atoms. The molecule has 176 valence electrons. The lowest BCUT2D eigenvalue weighted by Gasteiger charge is -2.25. The molecule has 4 aromatic rings. The lowest BCUT2D eigenvalue weighted by molar-refractivity contribution is 0.0714. The molecule has 0 N–H and O–H groups in total. The lowest BCUT2D eigenvalue weighted by Crippen LogP contribution is -2.29. The minimum absolute atomic E-state index is 0.0401. The minimum Gasteiger partial charge on any atom is -0.494 e. The number of fused-ring (bicyclic) bond motifs is 3. The topological polar surface area (TPSA) is 78.2 Å². The Labute approximate surface area is 199 Å². The van der Waals surface area contributed by atoms with Crippen LogP contribution in [0.1, 0.15) is 40.2 Å². The normalized spacial score (nSPS) is 16.1. The van der Waals surface area contributed by atoms with Crippen LogP contribution in [-0.2, 0) is 6.54 Å². The number of carbonyl (C=O) groups is 1. The first-order chi connectivity index (χ1) is 17.0. The maximum Gasteiger partial charge on any atom is 0.291 e. The van der Waals surface area contributed by atoms with E-state index >= 15 is 0 Å². The molecule has 0 aliphatic carbocycles. The summed E-state index contributed by atoms with van der Waals surface area (Å²) in [5, 5.41) is 0.0902. The third kappa shape index (κ3) is 3.49. The van der Waals surface area contributed by atoms with Gasteiger partial charge < -0.3 is 23.5 Å². The van der Waals surface area contributed by atoms with Crippen molar-refractivity contribution in [1.82, 2.24) is 4.90 Å². The van der Waals surface area contributed by atoms with E-state index in [1.54, 1.807) is 17.0 Å². The Bertz CT molecular complexity index is 1540. The highest BCUT2D eigenvalue weighted by atomic mass is 19.1. The number of amides is 1. The number of nitrogens with zero attached hydrogens (tertiary/aromatic N) is 1. The van der Waals surface area contributed by atoms with Crippen molar-refractivity contribution in [3.8, 4) is 17.2 Å². The number of rotatable bonds is 5. The summed E-state index contributed by atoms with van der Waals surface area (Å²) < 4.78 is 36.4. The molecule has 1 aromatic heterocycles. The fraction of sp³-hybridized carbons (Fsp3) is 0.185. The molecule has 7 nitrogen and oxygen atoms in total. The van der Waals surface area contributed by atoms with E-state index in [-0.39, 0.29) is 35.6 Å². The summed E-state index contributed by atoms with van der Waals surface area (Å²) in [7, 11) is 0. The van der Waals surface area contributed by atoms with E-state index in [4.69, 9.17) is 18.6 Å². The van der Waals surface area contributed by atoms with Crippen LogP contribution in [-0.4, -0.2) is 24.2 Å². The maximum atomic E-state index is 14.0. The van der Waals surface area contributed by atoms with E-state index in [2.05, 4.69) is 0 Å². The monoisotopic (exact) mass is 473 g/mol. The summed E-state index contributed by atoms with van der Waals surface area (Å²) >= 11 is 0. The van der Waals surface area contributed by atoms with Gasteiger partial charge in [0.25, 0.3) is 5.91 Å². The molecule has 0 spiro atoms. The molecule has 1 atom stereocenters. The summed E-state index contributed by atoms with van der Waals surface area (Å²) in [6.07, 6.45) is 0. The number of benzene rings is 3. The van der Waals surface area contributed by atoms with Crippen LogP contribution < -0.4 is 19.6 Å². The van der Waals surface area contributed by atoms with Crippen molar-refractivity contribution in [2.24, 2.45) is 0 Å². The van der Waals surface area contributed by atoms with Gasteiger partial charge in [-0.1, -0.05) is 18.2 Å². The standard InChI is InChI=1S/C27H20FNO6/c1-2-32-18-5-3-4-16(11-18)24-23-25(30)19-12-17(28)7-9-20(19)35-26(23)27(31)29(24)13-15-6-8-21-22(10-15)34-14-33-21/h3-12,24H,2,13-14H2,1H3/t24-/m1/s1. The SMILES string of the molecule is CCOc1cccc([C@@H]2c3c(oc4ccc(F)cc4c3=O)C(=O)N2Cc2ccc3c(c2)OCO3)c1. The molecule has 2 aliphatic rings. The molecular weight excluding hydrogens is 453 g/mol. The average molecular weight is 473 g/mol. The molecule has 0 saturated heterocycles. The number of halogens is 1. The molecule has 3 aromatic carbocycles. The van der Waals surface area contributed by atoms with Crippen LogP contribution in [0.5, 0.6) is 17.2 Å². The molecule has 8 heteroatoms. The van der Waals surface area contributed by atoms with E-state index in [0.29, 0.717) is 29.4 Å². The van der Waals surface area contributed by atoms with Crippen molar-refractivity contribution in [1.29, 1.82) is 0 Å². The Hall–Kier alpha value is -4.33. The van der Waals surface area contributed by atoms with Crippen molar-refractivity contribution in [3.05, 3.63) is 99.2 Å². The molecule has 2 aliphatic heterocycles. The Morgan fingerprint density at radius 1 is 1.03 bits per heavy atom. The van der Waals surface area contributed by atoms with Gasteiger partial charge in [-0.3, -0.25) is 9.59 Å². The van der Waals surface area contributed by atoms with Gasteiger partial charge in [0, 0.05) is 6.54 Å². The van der Waals surface area contributed by atoms with Gasteiger partial charge in [0.1, 0.15) is 17.1 Å². The third-order valence-electron chi connectivity index (χ3n) is 6.20. The van der Waals surface area contributed by atoms with Gasteiger partial charge in [0.2, 0.25) is 12.6 Å². The quantitative estimate of drug-likeness (QED) is 0.414. The zero-order valence-electron chi connectivity index (χ0n) is 18.7. The summed E-state index contributed by atoms with van der Waals surface area (Å²) in [6.45, 7) is 2.67. The van der Waals surface area contributed by atoms with Gasteiger partial charge in [-0.25, -0.2) is 4.39 Å². The zero-order chi connectivity index (χ0) is 24.1. The smallest absolute Gasteiger partial charge is 0.291 e. The highest BCUT2D eigenvalue weighted by Gasteiger charge is 2.43. The summed E-state index contributed by atoms with van der Waals surface area (Å²) in [6, 6.07) is 15.7. The van der Waals surface area contributed by atoms with Gasteiger partial charge >= 0.3 is 0 Å². The molecule has 0 fully saturated rings. The minimum atomic E-state index is -0.743.